The van der Waals surface area contributed by atoms with Crippen molar-refractivity contribution in [2.45, 2.75) is 0 Å². The van der Waals surface area contributed by atoms with Crippen LogP contribution in [0.4, 0.5) is 0 Å². The number of para-hydroxylation sites is 1. The molecule has 0 fully saturated rings. The van der Waals surface area contributed by atoms with Crippen LogP contribution in [0.2, 0.25) is 5.02 Å². The van der Waals surface area contributed by atoms with Crippen molar-refractivity contribution in [3.05, 3.63) is 47.6 Å². The lowest BCUT2D eigenvalue weighted by molar-refractivity contribution is 0.425. The highest BCUT2D eigenvalue weighted by Crippen LogP contribution is 2.25. The van der Waals surface area contributed by atoms with Crippen LogP contribution in [0, 0.1) is 0 Å². The molecule has 0 atom stereocenters. The molecular formula is C12H8ClN3O. The van der Waals surface area contributed by atoms with E-state index in [4.69, 9.17) is 11.6 Å². The minimum atomic E-state index is -0.0963. The first-order valence-corrected chi connectivity index (χ1v) is 5.42. The molecule has 0 saturated carbocycles. The van der Waals surface area contributed by atoms with Gasteiger partial charge in [0.25, 0.3) is 0 Å². The lowest BCUT2D eigenvalue weighted by Crippen LogP contribution is -1.92. The summed E-state index contributed by atoms with van der Waals surface area (Å²) in [6.07, 6.45) is 1.51. The van der Waals surface area contributed by atoms with Crippen LogP contribution in [0.15, 0.2) is 42.6 Å². The largest absolute Gasteiger partial charge is 0.480 e. The van der Waals surface area contributed by atoms with Crippen LogP contribution in [0.3, 0.4) is 0 Å². The third-order valence-corrected chi connectivity index (χ3v) is 2.68. The van der Waals surface area contributed by atoms with Crippen LogP contribution < -0.4 is 0 Å². The first-order valence-electron chi connectivity index (χ1n) is 5.04. The summed E-state index contributed by atoms with van der Waals surface area (Å²) in [5.74, 6) is 0. The number of benzene rings is 1. The maximum absolute atomic E-state index is 9.85. The van der Waals surface area contributed by atoms with Gasteiger partial charge in [0, 0.05) is 6.20 Å². The van der Waals surface area contributed by atoms with Crippen molar-refractivity contribution in [2.75, 3.05) is 0 Å². The Hall–Kier alpha value is -2.07. The monoisotopic (exact) mass is 245 g/mol. The Balaban J connectivity index is 2.35. The SMILES string of the molecule is Oc1nc2ncc(Cl)cc2n1-c1ccccc1. The van der Waals surface area contributed by atoms with E-state index in [2.05, 4.69) is 9.97 Å². The molecule has 0 aliphatic rings. The minimum Gasteiger partial charge on any atom is -0.480 e. The molecule has 4 nitrogen and oxygen atoms in total. The van der Waals surface area contributed by atoms with Gasteiger partial charge >= 0.3 is 6.01 Å². The fraction of sp³-hybridized carbons (Fsp3) is 0. The van der Waals surface area contributed by atoms with E-state index in [1.54, 1.807) is 10.6 Å². The summed E-state index contributed by atoms with van der Waals surface area (Å²) in [6.45, 7) is 0. The Kier molecular flexibility index (Phi) is 2.23. The van der Waals surface area contributed by atoms with Crippen molar-refractivity contribution in [1.82, 2.24) is 14.5 Å². The Morgan fingerprint density at radius 1 is 1.18 bits per heavy atom. The Bertz CT molecular complexity index is 679. The van der Waals surface area contributed by atoms with Gasteiger partial charge in [-0.05, 0) is 18.2 Å². The highest BCUT2D eigenvalue weighted by Gasteiger charge is 2.12. The predicted octanol–water partition coefficient (Wildman–Crippen LogP) is 2.78. The average Bonchev–Trinajstić information content (AvgIpc) is 2.65. The topological polar surface area (TPSA) is 50.9 Å². The van der Waals surface area contributed by atoms with Crippen molar-refractivity contribution in [2.24, 2.45) is 0 Å². The molecule has 2 aromatic heterocycles. The van der Waals surface area contributed by atoms with Gasteiger partial charge < -0.3 is 5.11 Å². The van der Waals surface area contributed by atoms with Crippen LogP contribution in [0.1, 0.15) is 0 Å². The Morgan fingerprint density at radius 3 is 2.71 bits per heavy atom. The van der Waals surface area contributed by atoms with Gasteiger partial charge in [0.15, 0.2) is 5.65 Å². The number of imidazole rings is 1. The lowest BCUT2D eigenvalue weighted by atomic mass is 10.3. The quantitative estimate of drug-likeness (QED) is 0.717. The molecule has 17 heavy (non-hydrogen) atoms. The molecule has 1 aromatic carbocycles. The molecule has 0 radical (unpaired) electrons. The van der Waals surface area contributed by atoms with E-state index in [-0.39, 0.29) is 6.01 Å². The van der Waals surface area contributed by atoms with Crippen molar-refractivity contribution < 1.29 is 5.11 Å². The van der Waals surface area contributed by atoms with Gasteiger partial charge in [0.2, 0.25) is 0 Å². The van der Waals surface area contributed by atoms with E-state index in [1.165, 1.54) is 6.20 Å². The second-order valence-electron chi connectivity index (χ2n) is 3.58. The zero-order valence-electron chi connectivity index (χ0n) is 8.71. The second kappa shape index (κ2) is 3.75. The van der Waals surface area contributed by atoms with E-state index in [0.717, 1.165) is 5.69 Å². The number of pyridine rings is 1. The molecule has 2 heterocycles. The van der Waals surface area contributed by atoms with E-state index in [0.29, 0.717) is 16.2 Å². The highest BCUT2D eigenvalue weighted by atomic mass is 35.5. The number of halogens is 1. The van der Waals surface area contributed by atoms with Crippen LogP contribution >= 0.6 is 11.6 Å². The van der Waals surface area contributed by atoms with Crippen molar-refractivity contribution in [3.63, 3.8) is 0 Å². The molecule has 0 bridgehead atoms. The van der Waals surface area contributed by atoms with Gasteiger partial charge in [-0.3, -0.25) is 4.57 Å². The number of hydrogen-bond donors (Lipinski definition) is 1. The number of fused-ring (bicyclic) bond motifs is 1. The number of hydrogen-bond acceptors (Lipinski definition) is 3. The van der Waals surface area contributed by atoms with Crippen LogP contribution in [0.5, 0.6) is 6.01 Å². The molecule has 0 aliphatic carbocycles. The van der Waals surface area contributed by atoms with Crippen LogP contribution in [-0.4, -0.2) is 19.6 Å². The van der Waals surface area contributed by atoms with Gasteiger partial charge in [0.05, 0.1) is 16.2 Å². The first-order chi connectivity index (χ1) is 8.25. The summed E-state index contributed by atoms with van der Waals surface area (Å²) in [7, 11) is 0. The summed E-state index contributed by atoms with van der Waals surface area (Å²) < 4.78 is 1.61. The van der Waals surface area contributed by atoms with Crippen LogP contribution in [-0.2, 0) is 0 Å². The normalized spacial score (nSPS) is 10.9. The van der Waals surface area contributed by atoms with Gasteiger partial charge in [-0.2, -0.15) is 4.98 Å². The third-order valence-electron chi connectivity index (χ3n) is 2.48. The molecule has 0 saturated heterocycles. The van der Waals surface area contributed by atoms with Crippen molar-refractivity contribution in [1.29, 1.82) is 0 Å². The summed E-state index contributed by atoms with van der Waals surface area (Å²) in [5, 5.41) is 10.4. The average molecular weight is 246 g/mol. The minimum absolute atomic E-state index is 0.0963. The first kappa shape index (κ1) is 10.1. The summed E-state index contributed by atoms with van der Waals surface area (Å²) >= 11 is 5.90. The molecule has 1 N–H and O–H groups in total. The van der Waals surface area contributed by atoms with Crippen LogP contribution in [0.25, 0.3) is 16.9 Å². The van der Waals surface area contributed by atoms with E-state index >= 15 is 0 Å². The zero-order valence-corrected chi connectivity index (χ0v) is 9.46. The van der Waals surface area contributed by atoms with Gasteiger partial charge in [0.1, 0.15) is 0 Å². The predicted molar refractivity (Wildman–Crippen MR) is 65.5 cm³/mol. The standard InChI is InChI=1S/C12H8ClN3O/c13-8-6-10-11(14-7-8)15-12(17)16(10)9-4-2-1-3-5-9/h1-7H,(H,14,15,17). The number of aromatic nitrogens is 3. The molecule has 3 rings (SSSR count). The van der Waals surface area contributed by atoms with Crippen molar-refractivity contribution >= 4 is 22.8 Å². The van der Waals surface area contributed by atoms with E-state index in [9.17, 15) is 5.11 Å². The maximum atomic E-state index is 9.85. The molecule has 3 aromatic rings. The molecule has 0 spiro atoms. The fourth-order valence-corrected chi connectivity index (χ4v) is 1.91. The zero-order chi connectivity index (χ0) is 11.8. The molecule has 0 amide bonds. The maximum Gasteiger partial charge on any atom is 0.301 e. The molecule has 5 heteroatoms. The molecular weight excluding hydrogens is 238 g/mol. The van der Waals surface area contributed by atoms with Crippen molar-refractivity contribution in [3.8, 4) is 11.7 Å². The summed E-state index contributed by atoms with van der Waals surface area (Å²) in [4.78, 5) is 8.04. The fourth-order valence-electron chi connectivity index (χ4n) is 1.76. The Labute approximate surface area is 102 Å². The molecule has 0 aliphatic heterocycles. The number of nitrogens with zero attached hydrogens (tertiary/aromatic N) is 3. The second-order valence-corrected chi connectivity index (χ2v) is 4.02. The van der Waals surface area contributed by atoms with E-state index < -0.39 is 0 Å². The Morgan fingerprint density at radius 2 is 1.94 bits per heavy atom. The van der Waals surface area contributed by atoms with Gasteiger partial charge in [-0.1, -0.05) is 29.8 Å². The molecule has 84 valence electrons. The van der Waals surface area contributed by atoms with E-state index in [1.807, 2.05) is 30.3 Å². The third kappa shape index (κ3) is 1.62. The lowest BCUT2D eigenvalue weighted by Gasteiger charge is -2.04. The summed E-state index contributed by atoms with van der Waals surface area (Å²) in [5.41, 5.74) is 1.97. The number of rotatable bonds is 1. The number of aromatic hydroxyl groups is 1. The molecule has 0 unspecified atom stereocenters. The summed E-state index contributed by atoms with van der Waals surface area (Å²) in [6, 6.07) is 11.1. The van der Waals surface area contributed by atoms with Gasteiger partial charge in [-0.15, -0.1) is 0 Å². The van der Waals surface area contributed by atoms with Gasteiger partial charge in [-0.25, -0.2) is 4.98 Å². The highest BCUT2D eigenvalue weighted by molar-refractivity contribution is 6.31. The smallest absolute Gasteiger partial charge is 0.301 e.